The molecular weight excluding hydrogens is 182 g/mol. The van der Waals surface area contributed by atoms with Crippen molar-refractivity contribution in [3.8, 4) is 0 Å². The lowest BCUT2D eigenvalue weighted by molar-refractivity contribution is -0.136. The van der Waals surface area contributed by atoms with Gasteiger partial charge in [-0.05, 0) is 19.0 Å². The minimum atomic E-state index is -0.808. The highest BCUT2D eigenvalue weighted by molar-refractivity contribution is 5.69. The summed E-state index contributed by atoms with van der Waals surface area (Å²) in [5, 5.41) is 16.1. The molecule has 2 heterocycles. The van der Waals surface area contributed by atoms with E-state index in [9.17, 15) is 4.79 Å². The summed E-state index contributed by atoms with van der Waals surface area (Å²) in [6.07, 6.45) is 2.74. The van der Waals surface area contributed by atoms with Gasteiger partial charge in [0.2, 0.25) is 0 Å². The lowest BCUT2D eigenvalue weighted by atomic mass is 10.2. The third-order valence-electron chi connectivity index (χ3n) is 2.46. The monoisotopic (exact) mass is 195 g/mol. The summed E-state index contributed by atoms with van der Waals surface area (Å²) < 4.78 is 1.83. The topological polar surface area (TPSA) is 67.1 Å². The van der Waals surface area contributed by atoms with Crippen molar-refractivity contribution in [2.75, 3.05) is 13.1 Å². The van der Waals surface area contributed by atoms with Crippen LogP contribution in [0.3, 0.4) is 0 Å². The summed E-state index contributed by atoms with van der Waals surface area (Å²) in [7, 11) is 0. The average Bonchev–Trinajstić information content (AvgIpc) is 2.70. The molecule has 0 radical (unpaired) electrons. The molecule has 0 amide bonds. The predicted molar refractivity (Wildman–Crippen MR) is 50.1 cm³/mol. The number of carboxylic acids is 1. The van der Waals surface area contributed by atoms with Gasteiger partial charge in [-0.3, -0.25) is 9.48 Å². The molecule has 0 spiro atoms. The summed E-state index contributed by atoms with van der Waals surface area (Å²) in [6.45, 7) is 1.87. The van der Waals surface area contributed by atoms with Crippen molar-refractivity contribution in [2.24, 2.45) is 0 Å². The Labute approximate surface area is 81.7 Å². The number of hydrogen-bond acceptors (Lipinski definition) is 3. The first-order valence-corrected chi connectivity index (χ1v) is 4.72. The van der Waals surface area contributed by atoms with Crippen LogP contribution in [0.5, 0.6) is 0 Å². The summed E-state index contributed by atoms with van der Waals surface area (Å²) in [6, 6.07) is 2.09. The fourth-order valence-electron chi connectivity index (χ4n) is 1.81. The van der Waals surface area contributed by atoms with E-state index in [1.807, 2.05) is 4.68 Å². The Balaban J connectivity index is 2.15. The average molecular weight is 195 g/mol. The zero-order valence-corrected chi connectivity index (χ0v) is 7.81. The lowest BCUT2D eigenvalue weighted by Crippen LogP contribution is -2.18. The van der Waals surface area contributed by atoms with Gasteiger partial charge in [-0.1, -0.05) is 0 Å². The Morgan fingerprint density at radius 1 is 1.79 bits per heavy atom. The number of carbonyl (C=O) groups is 1. The standard InChI is InChI=1S/C9H13N3O2/c13-9(14)5-7-2-4-11-12(7)8-1-3-10-6-8/h2,4,8,10H,1,3,5-6H2,(H,13,14). The number of nitrogens with zero attached hydrogens (tertiary/aromatic N) is 2. The van der Waals surface area contributed by atoms with Crippen molar-refractivity contribution < 1.29 is 9.90 Å². The van der Waals surface area contributed by atoms with E-state index in [2.05, 4.69) is 10.4 Å². The largest absolute Gasteiger partial charge is 0.481 e. The summed E-state index contributed by atoms with van der Waals surface area (Å²) in [4.78, 5) is 10.6. The van der Waals surface area contributed by atoms with E-state index in [1.165, 1.54) is 0 Å². The summed E-state index contributed by atoms with van der Waals surface area (Å²) >= 11 is 0. The molecule has 2 rings (SSSR count). The maximum atomic E-state index is 10.6. The maximum absolute atomic E-state index is 10.6. The molecule has 0 aromatic carbocycles. The molecular formula is C9H13N3O2. The zero-order chi connectivity index (χ0) is 9.97. The Bertz CT molecular complexity index is 329. The van der Waals surface area contributed by atoms with Crippen molar-refractivity contribution >= 4 is 5.97 Å². The molecule has 5 heteroatoms. The first-order chi connectivity index (χ1) is 6.77. The van der Waals surface area contributed by atoms with Crippen molar-refractivity contribution in [2.45, 2.75) is 18.9 Å². The van der Waals surface area contributed by atoms with Crippen LogP contribution in [0.25, 0.3) is 0 Å². The Morgan fingerprint density at radius 3 is 3.29 bits per heavy atom. The minimum absolute atomic E-state index is 0.0521. The fourth-order valence-corrected chi connectivity index (χ4v) is 1.81. The molecule has 1 unspecified atom stereocenters. The van der Waals surface area contributed by atoms with Gasteiger partial charge in [0.05, 0.1) is 12.5 Å². The molecule has 0 bridgehead atoms. The van der Waals surface area contributed by atoms with Crippen LogP contribution < -0.4 is 5.32 Å². The first-order valence-electron chi connectivity index (χ1n) is 4.72. The number of rotatable bonds is 3. The van der Waals surface area contributed by atoms with Crippen LogP contribution in [0, 0.1) is 0 Å². The Hall–Kier alpha value is -1.36. The highest BCUT2D eigenvalue weighted by Gasteiger charge is 2.19. The number of aliphatic carboxylic acids is 1. The van der Waals surface area contributed by atoms with Crippen molar-refractivity contribution in [3.05, 3.63) is 18.0 Å². The third kappa shape index (κ3) is 1.77. The van der Waals surface area contributed by atoms with Gasteiger partial charge in [0.15, 0.2) is 0 Å². The molecule has 1 aromatic rings. The van der Waals surface area contributed by atoms with Crippen molar-refractivity contribution in [1.29, 1.82) is 0 Å². The molecule has 1 atom stereocenters. The van der Waals surface area contributed by atoms with E-state index in [0.29, 0.717) is 6.04 Å². The lowest BCUT2D eigenvalue weighted by Gasteiger charge is -2.12. The van der Waals surface area contributed by atoms with Gasteiger partial charge in [-0.15, -0.1) is 0 Å². The molecule has 1 fully saturated rings. The number of nitrogens with one attached hydrogen (secondary N) is 1. The number of aromatic nitrogens is 2. The van der Waals surface area contributed by atoms with Crippen molar-refractivity contribution in [1.82, 2.24) is 15.1 Å². The van der Waals surface area contributed by atoms with Crippen LogP contribution in [0.2, 0.25) is 0 Å². The van der Waals surface area contributed by atoms with Crippen LogP contribution in [0.1, 0.15) is 18.2 Å². The summed E-state index contributed by atoms with van der Waals surface area (Å²) in [5.74, 6) is -0.808. The predicted octanol–water partition coefficient (Wildman–Crippen LogP) is 0.0446. The molecule has 1 aliphatic heterocycles. The second-order valence-electron chi connectivity index (χ2n) is 3.48. The van der Waals surface area contributed by atoms with Gasteiger partial charge < -0.3 is 10.4 Å². The fraction of sp³-hybridized carbons (Fsp3) is 0.556. The van der Waals surface area contributed by atoms with E-state index in [-0.39, 0.29) is 6.42 Å². The second kappa shape index (κ2) is 3.79. The van der Waals surface area contributed by atoms with Crippen LogP contribution in [-0.4, -0.2) is 33.9 Å². The molecule has 14 heavy (non-hydrogen) atoms. The number of hydrogen-bond donors (Lipinski definition) is 2. The molecule has 5 nitrogen and oxygen atoms in total. The minimum Gasteiger partial charge on any atom is -0.481 e. The normalized spacial score (nSPS) is 21.3. The molecule has 1 aromatic heterocycles. The smallest absolute Gasteiger partial charge is 0.309 e. The molecule has 0 aliphatic carbocycles. The quantitative estimate of drug-likeness (QED) is 0.715. The summed E-state index contributed by atoms with van der Waals surface area (Å²) in [5.41, 5.74) is 0.784. The molecule has 1 saturated heterocycles. The highest BCUT2D eigenvalue weighted by Crippen LogP contribution is 2.16. The zero-order valence-electron chi connectivity index (χ0n) is 7.81. The number of carboxylic acid groups (broad SMARTS) is 1. The van der Waals surface area contributed by atoms with E-state index in [0.717, 1.165) is 25.2 Å². The van der Waals surface area contributed by atoms with E-state index in [4.69, 9.17) is 5.11 Å². The van der Waals surface area contributed by atoms with E-state index >= 15 is 0 Å². The van der Waals surface area contributed by atoms with Gasteiger partial charge in [0.1, 0.15) is 0 Å². The van der Waals surface area contributed by atoms with Crippen LogP contribution in [0.15, 0.2) is 12.3 Å². The van der Waals surface area contributed by atoms with Crippen LogP contribution in [0.4, 0.5) is 0 Å². The van der Waals surface area contributed by atoms with Crippen LogP contribution in [-0.2, 0) is 11.2 Å². The van der Waals surface area contributed by atoms with Crippen LogP contribution >= 0.6 is 0 Å². The van der Waals surface area contributed by atoms with Gasteiger partial charge in [-0.25, -0.2) is 0 Å². The highest BCUT2D eigenvalue weighted by atomic mass is 16.4. The maximum Gasteiger partial charge on any atom is 0.309 e. The Morgan fingerprint density at radius 2 is 2.64 bits per heavy atom. The van der Waals surface area contributed by atoms with Gasteiger partial charge >= 0.3 is 5.97 Å². The third-order valence-corrected chi connectivity index (χ3v) is 2.46. The van der Waals surface area contributed by atoms with E-state index in [1.54, 1.807) is 12.3 Å². The van der Waals surface area contributed by atoms with E-state index < -0.39 is 5.97 Å². The first kappa shape index (κ1) is 9.21. The molecule has 76 valence electrons. The van der Waals surface area contributed by atoms with Gasteiger partial charge in [0.25, 0.3) is 0 Å². The molecule has 1 aliphatic rings. The van der Waals surface area contributed by atoms with Gasteiger partial charge in [-0.2, -0.15) is 5.10 Å². The second-order valence-corrected chi connectivity index (χ2v) is 3.48. The van der Waals surface area contributed by atoms with Crippen molar-refractivity contribution in [3.63, 3.8) is 0 Å². The van der Waals surface area contributed by atoms with Gasteiger partial charge in [0, 0.05) is 18.4 Å². The molecule has 2 N–H and O–H groups in total. The SMILES string of the molecule is O=C(O)Cc1ccnn1C1CCNC1. The molecule has 0 saturated carbocycles. The Kier molecular flexibility index (Phi) is 2.49.